The maximum atomic E-state index is 12.7. The first-order chi connectivity index (χ1) is 12.4. The minimum absolute atomic E-state index is 0.157. The molecular formula is C20H23ClN2O3. The summed E-state index contributed by atoms with van der Waals surface area (Å²) in [7, 11) is 1.55. The van der Waals surface area contributed by atoms with Crippen molar-refractivity contribution in [3.63, 3.8) is 0 Å². The molecule has 0 aromatic heterocycles. The Hall–Kier alpha value is -2.53. The second kappa shape index (κ2) is 9.25. The number of nitrogens with zero attached hydrogens (tertiary/aromatic N) is 1. The number of amides is 2. The minimum Gasteiger partial charge on any atom is -0.484 e. The number of rotatable bonds is 7. The quantitative estimate of drug-likeness (QED) is 0.809. The van der Waals surface area contributed by atoms with Crippen LogP contribution in [0.15, 0.2) is 48.5 Å². The SMILES string of the molecule is CNC(=O)[C@@H](C)N(Cc1ccccc1)C(=O)COc1ccc(Cl)c(C)c1. The van der Waals surface area contributed by atoms with Crippen LogP contribution in [0.1, 0.15) is 18.1 Å². The van der Waals surface area contributed by atoms with E-state index in [-0.39, 0.29) is 18.4 Å². The topological polar surface area (TPSA) is 58.6 Å². The summed E-state index contributed by atoms with van der Waals surface area (Å²) in [5, 5.41) is 3.23. The largest absolute Gasteiger partial charge is 0.484 e. The maximum Gasteiger partial charge on any atom is 0.261 e. The molecular weight excluding hydrogens is 352 g/mol. The molecule has 1 N–H and O–H groups in total. The van der Waals surface area contributed by atoms with Crippen LogP contribution in [0.3, 0.4) is 0 Å². The Morgan fingerprint density at radius 1 is 1.19 bits per heavy atom. The Morgan fingerprint density at radius 2 is 1.88 bits per heavy atom. The first-order valence-electron chi connectivity index (χ1n) is 8.36. The molecule has 2 aromatic carbocycles. The molecule has 0 fully saturated rings. The van der Waals surface area contributed by atoms with Crippen LogP contribution in [0.25, 0.3) is 0 Å². The summed E-state index contributed by atoms with van der Waals surface area (Å²) in [6, 6.07) is 14.1. The van der Waals surface area contributed by atoms with Gasteiger partial charge < -0.3 is 15.0 Å². The van der Waals surface area contributed by atoms with E-state index in [1.54, 1.807) is 32.2 Å². The number of hydrogen-bond acceptors (Lipinski definition) is 3. The Bertz CT molecular complexity index is 765. The van der Waals surface area contributed by atoms with Gasteiger partial charge in [0, 0.05) is 18.6 Å². The highest BCUT2D eigenvalue weighted by molar-refractivity contribution is 6.31. The highest BCUT2D eigenvalue weighted by Gasteiger charge is 2.25. The van der Waals surface area contributed by atoms with Crippen molar-refractivity contribution in [2.45, 2.75) is 26.4 Å². The van der Waals surface area contributed by atoms with E-state index in [2.05, 4.69) is 5.32 Å². The average Bonchev–Trinajstić information content (AvgIpc) is 2.66. The molecule has 0 saturated heterocycles. The van der Waals surface area contributed by atoms with Gasteiger partial charge in [-0.2, -0.15) is 0 Å². The van der Waals surface area contributed by atoms with Gasteiger partial charge in [0.15, 0.2) is 6.61 Å². The van der Waals surface area contributed by atoms with E-state index < -0.39 is 6.04 Å². The van der Waals surface area contributed by atoms with Gasteiger partial charge in [-0.05, 0) is 43.2 Å². The molecule has 0 aliphatic carbocycles. The van der Waals surface area contributed by atoms with E-state index in [9.17, 15) is 9.59 Å². The molecule has 0 heterocycles. The molecule has 0 unspecified atom stereocenters. The van der Waals surface area contributed by atoms with Crippen molar-refractivity contribution in [3.05, 3.63) is 64.7 Å². The molecule has 2 amide bonds. The smallest absolute Gasteiger partial charge is 0.261 e. The zero-order valence-electron chi connectivity index (χ0n) is 15.2. The van der Waals surface area contributed by atoms with Gasteiger partial charge >= 0.3 is 0 Å². The summed E-state index contributed by atoms with van der Waals surface area (Å²) in [5.41, 5.74) is 1.82. The molecule has 0 aliphatic heterocycles. The summed E-state index contributed by atoms with van der Waals surface area (Å²) in [6.45, 7) is 3.74. The number of carbonyl (C=O) groups excluding carboxylic acids is 2. The Kier molecular flexibility index (Phi) is 7.04. The summed E-state index contributed by atoms with van der Waals surface area (Å²) in [4.78, 5) is 26.3. The fourth-order valence-corrected chi connectivity index (χ4v) is 2.62. The lowest BCUT2D eigenvalue weighted by Crippen LogP contribution is -2.48. The van der Waals surface area contributed by atoms with Gasteiger partial charge in [0.25, 0.3) is 5.91 Å². The lowest BCUT2D eigenvalue weighted by Gasteiger charge is -2.28. The number of halogens is 1. The Morgan fingerprint density at radius 3 is 2.50 bits per heavy atom. The molecule has 0 aliphatic rings. The van der Waals surface area contributed by atoms with Crippen LogP contribution in [0.5, 0.6) is 5.75 Å². The summed E-state index contributed by atoms with van der Waals surface area (Å²) >= 11 is 6.00. The zero-order valence-corrected chi connectivity index (χ0v) is 15.9. The molecule has 1 atom stereocenters. The summed E-state index contributed by atoms with van der Waals surface area (Å²) in [6.07, 6.45) is 0. The van der Waals surface area contributed by atoms with Crippen molar-refractivity contribution >= 4 is 23.4 Å². The van der Waals surface area contributed by atoms with Gasteiger partial charge in [-0.25, -0.2) is 0 Å². The monoisotopic (exact) mass is 374 g/mol. The highest BCUT2D eigenvalue weighted by Crippen LogP contribution is 2.21. The van der Waals surface area contributed by atoms with Gasteiger partial charge in [0.1, 0.15) is 11.8 Å². The van der Waals surface area contributed by atoms with E-state index in [1.807, 2.05) is 37.3 Å². The molecule has 6 heteroatoms. The lowest BCUT2D eigenvalue weighted by molar-refractivity contribution is -0.142. The van der Waals surface area contributed by atoms with Crippen LogP contribution >= 0.6 is 11.6 Å². The van der Waals surface area contributed by atoms with Crippen molar-refractivity contribution in [2.75, 3.05) is 13.7 Å². The van der Waals surface area contributed by atoms with Gasteiger partial charge in [0.05, 0.1) is 0 Å². The van der Waals surface area contributed by atoms with Crippen molar-refractivity contribution in [3.8, 4) is 5.75 Å². The third-order valence-electron chi connectivity index (χ3n) is 4.10. The van der Waals surface area contributed by atoms with Crippen molar-refractivity contribution in [2.24, 2.45) is 0 Å². The first kappa shape index (κ1) is 19.8. The first-order valence-corrected chi connectivity index (χ1v) is 8.74. The summed E-state index contributed by atoms with van der Waals surface area (Å²) in [5.74, 6) is 0.0710. The Labute approximate surface area is 158 Å². The van der Waals surface area contributed by atoms with Gasteiger partial charge in [-0.3, -0.25) is 9.59 Å². The fourth-order valence-electron chi connectivity index (χ4n) is 2.51. The maximum absolute atomic E-state index is 12.7. The molecule has 5 nitrogen and oxygen atoms in total. The zero-order chi connectivity index (χ0) is 19.1. The van der Waals surface area contributed by atoms with Crippen molar-refractivity contribution in [1.82, 2.24) is 10.2 Å². The number of benzene rings is 2. The standard InChI is InChI=1S/C20H23ClN2O3/c1-14-11-17(9-10-18(14)21)26-13-19(24)23(15(2)20(25)22-3)12-16-7-5-4-6-8-16/h4-11,15H,12-13H2,1-3H3,(H,22,25)/t15-/m1/s1. The Balaban J connectivity index is 2.11. The second-order valence-corrected chi connectivity index (χ2v) is 6.40. The number of carbonyl (C=O) groups is 2. The van der Waals surface area contributed by atoms with E-state index >= 15 is 0 Å². The molecule has 138 valence electrons. The summed E-state index contributed by atoms with van der Waals surface area (Å²) < 4.78 is 5.60. The molecule has 2 rings (SSSR count). The predicted octanol–water partition coefficient (Wildman–Crippen LogP) is 3.19. The van der Waals surface area contributed by atoms with Gasteiger partial charge in [0.2, 0.25) is 5.91 Å². The number of ether oxygens (including phenoxy) is 1. The van der Waals surface area contributed by atoms with Crippen molar-refractivity contribution in [1.29, 1.82) is 0 Å². The van der Waals surface area contributed by atoms with Crippen LogP contribution in [0.2, 0.25) is 5.02 Å². The van der Waals surface area contributed by atoms with Crippen LogP contribution in [-0.2, 0) is 16.1 Å². The fraction of sp³-hybridized carbons (Fsp3) is 0.300. The second-order valence-electron chi connectivity index (χ2n) is 6.00. The third-order valence-corrected chi connectivity index (χ3v) is 4.53. The predicted molar refractivity (Wildman–Crippen MR) is 102 cm³/mol. The number of aryl methyl sites for hydroxylation is 1. The molecule has 0 saturated carbocycles. The minimum atomic E-state index is -0.608. The molecule has 0 bridgehead atoms. The van der Waals surface area contributed by atoms with Crippen LogP contribution in [-0.4, -0.2) is 36.4 Å². The average molecular weight is 375 g/mol. The molecule has 26 heavy (non-hydrogen) atoms. The van der Waals surface area contributed by atoms with Crippen LogP contribution in [0.4, 0.5) is 0 Å². The van der Waals surface area contributed by atoms with E-state index in [4.69, 9.17) is 16.3 Å². The highest BCUT2D eigenvalue weighted by atomic mass is 35.5. The van der Waals surface area contributed by atoms with Gasteiger partial charge in [-0.1, -0.05) is 41.9 Å². The third kappa shape index (κ3) is 5.23. The molecule has 2 aromatic rings. The number of likely N-dealkylation sites (N-methyl/N-ethyl adjacent to an activating group) is 1. The molecule has 0 spiro atoms. The molecule has 0 radical (unpaired) electrons. The van der Waals surface area contributed by atoms with Crippen molar-refractivity contribution < 1.29 is 14.3 Å². The van der Waals surface area contributed by atoms with E-state index in [0.717, 1.165) is 11.1 Å². The van der Waals surface area contributed by atoms with E-state index in [1.165, 1.54) is 4.90 Å². The van der Waals surface area contributed by atoms with Crippen LogP contribution < -0.4 is 10.1 Å². The van der Waals surface area contributed by atoms with E-state index in [0.29, 0.717) is 17.3 Å². The lowest BCUT2D eigenvalue weighted by atomic mass is 10.1. The van der Waals surface area contributed by atoms with Gasteiger partial charge in [-0.15, -0.1) is 0 Å². The normalized spacial score (nSPS) is 11.5. The number of nitrogens with one attached hydrogen (secondary N) is 1. The number of hydrogen-bond donors (Lipinski definition) is 1. The van der Waals surface area contributed by atoms with Crippen LogP contribution in [0, 0.1) is 6.92 Å².